The van der Waals surface area contributed by atoms with Gasteiger partial charge in [-0.05, 0) is 24.3 Å². The molecule has 0 aliphatic heterocycles. The molecule has 124 valence electrons. The van der Waals surface area contributed by atoms with Crippen LogP contribution in [0.4, 0.5) is 5.69 Å². The van der Waals surface area contributed by atoms with E-state index in [9.17, 15) is 4.79 Å². The van der Waals surface area contributed by atoms with Gasteiger partial charge >= 0.3 is 0 Å². The van der Waals surface area contributed by atoms with Crippen molar-refractivity contribution >= 4 is 23.2 Å². The van der Waals surface area contributed by atoms with Crippen LogP contribution in [0.25, 0.3) is 11.5 Å². The van der Waals surface area contributed by atoms with E-state index in [1.165, 1.54) is 0 Å². The maximum atomic E-state index is 12.1. The predicted molar refractivity (Wildman–Crippen MR) is 92.9 cm³/mol. The summed E-state index contributed by atoms with van der Waals surface area (Å²) in [7, 11) is 0. The fourth-order valence-corrected chi connectivity index (χ4v) is 2.44. The number of para-hydroxylation sites is 1. The summed E-state index contributed by atoms with van der Waals surface area (Å²) in [5, 5.41) is 20.2. The number of halogens is 1. The largest absolute Gasteiger partial charge is 0.421 e. The van der Waals surface area contributed by atoms with Crippen LogP contribution in [0, 0.1) is 11.3 Å². The topological polar surface area (TPSA) is 91.8 Å². The van der Waals surface area contributed by atoms with Gasteiger partial charge in [0.2, 0.25) is 17.7 Å². The van der Waals surface area contributed by atoms with E-state index in [0.717, 1.165) is 0 Å². The Morgan fingerprint density at radius 3 is 2.72 bits per heavy atom. The third kappa shape index (κ3) is 4.03. The Balaban J connectivity index is 1.62. The molecule has 0 saturated carbocycles. The lowest BCUT2D eigenvalue weighted by Gasteiger charge is -2.05. The molecule has 3 aromatic rings. The number of nitrogens with zero attached hydrogens (tertiary/aromatic N) is 3. The average Bonchev–Trinajstić information content (AvgIpc) is 3.09. The number of benzene rings is 2. The van der Waals surface area contributed by atoms with Gasteiger partial charge in [-0.3, -0.25) is 4.79 Å². The molecule has 3 rings (SSSR count). The highest BCUT2D eigenvalue weighted by molar-refractivity contribution is 6.33. The zero-order chi connectivity index (χ0) is 17.6. The molecule has 0 bridgehead atoms. The molecule has 0 radical (unpaired) electrons. The monoisotopic (exact) mass is 352 g/mol. The zero-order valence-electron chi connectivity index (χ0n) is 13.1. The quantitative estimate of drug-likeness (QED) is 0.753. The molecule has 1 amide bonds. The predicted octanol–water partition coefficient (Wildman–Crippen LogP) is 3.83. The van der Waals surface area contributed by atoms with E-state index in [-0.39, 0.29) is 18.7 Å². The van der Waals surface area contributed by atoms with Crippen LogP contribution in [0.5, 0.6) is 0 Å². The smallest absolute Gasteiger partial charge is 0.249 e. The Bertz CT molecular complexity index is 946. The molecule has 1 heterocycles. The lowest BCUT2D eigenvalue weighted by Crippen LogP contribution is -2.13. The number of hydrogen-bond acceptors (Lipinski definition) is 5. The molecule has 0 aliphatic carbocycles. The second-order valence-electron chi connectivity index (χ2n) is 5.19. The summed E-state index contributed by atoms with van der Waals surface area (Å²) in [6.45, 7) is 0. The summed E-state index contributed by atoms with van der Waals surface area (Å²) in [5.74, 6) is 0.426. The summed E-state index contributed by atoms with van der Waals surface area (Å²) in [6.07, 6.45) is 0.446. The molecule has 0 saturated heterocycles. The van der Waals surface area contributed by atoms with Crippen LogP contribution in [0.2, 0.25) is 5.02 Å². The number of anilines is 1. The second-order valence-corrected chi connectivity index (χ2v) is 5.59. The Morgan fingerprint density at radius 1 is 1.16 bits per heavy atom. The van der Waals surface area contributed by atoms with Gasteiger partial charge in [0.1, 0.15) is 6.07 Å². The van der Waals surface area contributed by atoms with Gasteiger partial charge < -0.3 is 9.73 Å². The van der Waals surface area contributed by atoms with Crippen LogP contribution in [-0.2, 0) is 11.2 Å². The number of amides is 1. The van der Waals surface area contributed by atoms with Crippen molar-refractivity contribution in [3.8, 4) is 17.5 Å². The first-order valence-electron chi connectivity index (χ1n) is 7.53. The highest BCUT2D eigenvalue weighted by atomic mass is 35.5. The number of hydrogen-bond donors (Lipinski definition) is 1. The molecule has 6 nitrogen and oxygen atoms in total. The minimum Gasteiger partial charge on any atom is -0.421 e. The van der Waals surface area contributed by atoms with Crippen LogP contribution in [0.3, 0.4) is 0 Å². The van der Waals surface area contributed by atoms with Gasteiger partial charge in [-0.2, -0.15) is 5.26 Å². The molecule has 1 aromatic heterocycles. The first-order chi connectivity index (χ1) is 12.2. The van der Waals surface area contributed by atoms with Gasteiger partial charge in [-0.1, -0.05) is 35.9 Å². The molecular weight excluding hydrogens is 340 g/mol. The average molecular weight is 353 g/mol. The van der Waals surface area contributed by atoms with Crippen molar-refractivity contribution in [3.63, 3.8) is 0 Å². The van der Waals surface area contributed by atoms with Crippen molar-refractivity contribution in [2.45, 2.75) is 12.8 Å². The number of carbonyl (C=O) groups excluding carboxylic acids is 1. The summed E-state index contributed by atoms with van der Waals surface area (Å²) in [6, 6.07) is 16.0. The Hall–Kier alpha value is -3.17. The molecule has 7 heteroatoms. The highest BCUT2D eigenvalue weighted by Gasteiger charge is 2.13. The first-order valence-corrected chi connectivity index (χ1v) is 7.91. The number of aryl methyl sites for hydroxylation is 1. The van der Waals surface area contributed by atoms with E-state index >= 15 is 0 Å². The molecule has 0 fully saturated rings. The molecule has 1 N–H and O–H groups in total. The van der Waals surface area contributed by atoms with Crippen molar-refractivity contribution in [2.24, 2.45) is 0 Å². The van der Waals surface area contributed by atoms with Gasteiger partial charge in [0, 0.05) is 12.8 Å². The van der Waals surface area contributed by atoms with Crippen molar-refractivity contribution in [1.29, 1.82) is 5.26 Å². The lowest BCUT2D eigenvalue weighted by molar-refractivity contribution is -0.116. The fourth-order valence-electron chi connectivity index (χ4n) is 2.22. The van der Waals surface area contributed by atoms with Crippen LogP contribution >= 0.6 is 11.6 Å². The number of nitriles is 1. The maximum absolute atomic E-state index is 12.1. The zero-order valence-corrected chi connectivity index (χ0v) is 13.8. The third-order valence-electron chi connectivity index (χ3n) is 3.46. The molecule has 0 spiro atoms. The first kappa shape index (κ1) is 16.7. The Labute approximate surface area is 149 Å². The van der Waals surface area contributed by atoms with Crippen molar-refractivity contribution in [3.05, 3.63) is 65.0 Å². The van der Waals surface area contributed by atoms with Crippen LogP contribution in [0.15, 0.2) is 52.9 Å². The van der Waals surface area contributed by atoms with E-state index in [4.69, 9.17) is 21.3 Å². The molecule has 0 aliphatic rings. The van der Waals surface area contributed by atoms with Gasteiger partial charge in [-0.15, -0.1) is 10.2 Å². The van der Waals surface area contributed by atoms with Crippen LogP contribution < -0.4 is 5.32 Å². The highest BCUT2D eigenvalue weighted by Crippen LogP contribution is 2.26. The number of carbonyl (C=O) groups is 1. The summed E-state index contributed by atoms with van der Waals surface area (Å²) >= 11 is 6.10. The minimum atomic E-state index is -0.236. The van der Waals surface area contributed by atoms with Crippen molar-refractivity contribution in [2.75, 3.05) is 5.32 Å². The van der Waals surface area contributed by atoms with Gasteiger partial charge in [0.05, 0.1) is 21.8 Å². The van der Waals surface area contributed by atoms with E-state index < -0.39 is 0 Å². The molecule has 0 unspecified atom stereocenters. The minimum absolute atomic E-state index is 0.157. The molecular formula is C18H13ClN4O2. The van der Waals surface area contributed by atoms with Crippen LogP contribution in [-0.4, -0.2) is 16.1 Å². The normalized spacial score (nSPS) is 10.2. The van der Waals surface area contributed by atoms with Crippen molar-refractivity contribution in [1.82, 2.24) is 10.2 Å². The Kier molecular flexibility index (Phi) is 5.07. The van der Waals surface area contributed by atoms with Gasteiger partial charge in [-0.25, -0.2) is 0 Å². The SMILES string of the molecule is N#Cc1ccccc1NC(=O)CCc1nnc(-c2ccccc2Cl)o1. The van der Waals surface area contributed by atoms with Crippen LogP contribution in [0.1, 0.15) is 17.9 Å². The lowest BCUT2D eigenvalue weighted by atomic mass is 10.2. The summed E-state index contributed by atoms with van der Waals surface area (Å²) < 4.78 is 5.56. The number of nitrogens with one attached hydrogen (secondary N) is 1. The van der Waals surface area contributed by atoms with Gasteiger partial charge in [0.25, 0.3) is 0 Å². The molecule has 25 heavy (non-hydrogen) atoms. The maximum Gasteiger partial charge on any atom is 0.249 e. The Morgan fingerprint density at radius 2 is 1.92 bits per heavy atom. The van der Waals surface area contributed by atoms with Crippen molar-refractivity contribution < 1.29 is 9.21 Å². The van der Waals surface area contributed by atoms with E-state index in [1.807, 2.05) is 18.2 Å². The fraction of sp³-hybridized carbons (Fsp3) is 0.111. The number of rotatable bonds is 5. The van der Waals surface area contributed by atoms with E-state index in [0.29, 0.717) is 33.6 Å². The van der Waals surface area contributed by atoms with E-state index in [2.05, 4.69) is 15.5 Å². The standard InChI is InChI=1S/C18H13ClN4O2/c19-14-7-3-2-6-13(14)18-23-22-17(25-18)10-9-16(24)21-15-8-4-1-5-12(15)11-20/h1-8H,9-10H2,(H,21,24). The molecule has 0 atom stereocenters. The summed E-state index contributed by atoms with van der Waals surface area (Å²) in [4.78, 5) is 12.1. The summed E-state index contributed by atoms with van der Waals surface area (Å²) in [5.41, 5.74) is 1.54. The second kappa shape index (κ2) is 7.60. The van der Waals surface area contributed by atoms with Gasteiger partial charge in [0.15, 0.2) is 0 Å². The number of aromatic nitrogens is 2. The van der Waals surface area contributed by atoms with E-state index in [1.54, 1.807) is 36.4 Å². The third-order valence-corrected chi connectivity index (χ3v) is 3.79. The molecule has 2 aromatic carbocycles.